The molecule has 4 heterocycles. The molecule has 0 bridgehead atoms. The molecule has 2 aliphatic rings. The van der Waals surface area contributed by atoms with Crippen LogP contribution in [0.4, 0.5) is 17.2 Å². The highest BCUT2D eigenvalue weighted by atomic mass is 16.5. The van der Waals surface area contributed by atoms with Crippen molar-refractivity contribution in [2.75, 3.05) is 54.5 Å². The normalized spacial score (nSPS) is 19.1. The molecule has 10 nitrogen and oxygen atoms in total. The Bertz CT molecular complexity index is 1020. The summed E-state index contributed by atoms with van der Waals surface area (Å²) in [5, 5.41) is 15.7. The van der Waals surface area contributed by atoms with Gasteiger partial charge >= 0.3 is 0 Å². The standard InChI is InChI=1S/C22H26N8O2/c31-22(25-18-3-5-19(6-4-18)28-10-12-32-13-11-28)17-2-1-9-29(14-17)20-7-8-21(27-26-20)30-16-23-15-24-30/h3-8,15-17H,1-2,9-14H2,(H,25,31)/t17-/m0/s1. The van der Waals surface area contributed by atoms with E-state index >= 15 is 0 Å². The number of nitrogens with one attached hydrogen (secondary N) is 1. The van der Waals surface area contributed by atoms with Crippen molar-refractivity contribution in [3.63, 3.8) is 0 Å². The third-order valence-electron chi connectivity index (χ3n) is 5.92. The number of aromatic nitrogens is 5. The highest BCUT2D eigenvalue weighted by Crippen LogP contribution is 2.24. The van der Waals surface area contributed by atoms with Crippen LogP contribution in [0.2, 0.25) is 0 Å². The second kappa shape index (κ2) is 9.31. The number of piperidine rings is 1. The Morgan fingerprint density at radius 3 is 2.47 bits per heavy atom. The minimum atomic E-state index is -0.0977. The SMILES string of the molecule is O=C(Nc1ccc(N2CCOCC2)cc1)[C@H]1CCCN(c2ccc(-n3cncn3)nn2)C1. The Labute approximate surface area is 186 Å². The number of rotatable bonds is 5. The number of amides is 1. The maximum Gasteiger partial charge on any atom is 0.229 e. The molecule has 1 atom stereocenters. The molecule has 3 aromatic rings. The Morgan fingerprint density at radius 1 is 0.969 bits per heavy atom. The van der Waals surface area contributed by atoms with E-state index in [0.717, 1.165) is 62.9 Å². The number of nitrogens with zero attached hydrogens (tertiary/aromatic N) is 7. The quantitative estimate of drug-likeness (QED) is 0.648. The Morgan fingerprint density at radius 2 is 1.75 bits per heavy atom. The fraction of sp³-hybridized carbons (Fsp3) is 0.409. The van der Waals surface area contributed by atoms with Crippen LogP contribution < -0.4 is 15.1 Å². The van der Waals surface area contributed by atoms with Crippen molar-refractivity contribution in [2.45, 2.75) is 12.8 Å². The van der Waals surface area contributed by atoms with E-state index < -0.39 is 0 Å². The van der Waals surface area contributed by atoms with Crippen LogP contribution in [0.1, 0.15) is 12.8 Å². The van der Waals surface area contributed by atoms with Gasteiger partial charge in [0.05, 0.1) is 19.1 Å². The first-order valence-electron chi connectivity index (χ1n) is 10.9. The molecule has 0 unspecified atom stereocenters. The first-order valence-corrected chi connectivity index (χ1v) is 10.9. The molecule has 2 aliphatic heterocycles. The number of anilines is 3. The van der Waals surface area contributed by atoms with Gasteiger partial charge in [0.2, 0.25) is 5.91 Å². The number of ether oxygens (including phenoxy) is 1. The fourth-order valence-corrected chi connectivity index (χ4v) is 4.16. The first kappa shape index (κ1) is 20.4. The predicted molar refractivity (Wildman–Crippen MR) is 120 cm³/mol. The minimum absolute atomic E-state index is 0.0426. The summed E-state index contributed by atoms with van der Waals surface area (Å²) in [7, 11) is 0. The summed E-state index contributed by atoms with van der Waals surface area (Å²) < 4.78 is 6.97. The number of carbonyl (C=O) groups excluding carboxylic acids is 1. The van der Waals surface area contributed by atoms with Crippen LogP contribution in [0.5, 0.6) is 0 Å². The lowest BCUT2D eigenvalue weighted by Gasteiger charge is -2.32. The van der Waals surface area contributed by atoms with Crippen LogP contribution in [0.25, 0.3) is 5.82 Å². The van der Waals surface area contributed by atoms with E-state index in [-0.39, 0.29) is 11.8 Å². The molecule has 1 aromatic carbocycles. The van der Waals surface area contributed by atoms with Crippen molar-refractivity contribution in [3.05, 3.63) is 49.1 Å². The Hall–Kier alpha value is -3.53. The molecule has 5 rings (SSSR count). The van der Waals surface area contributed by atoms with Crippen LogP contribution in [-0.4, -0.2) is 70.3 Å². The molecule has 1 N–H and O–H groups in total. The van der Waals surface area contributed by atoms with Gasteiger partial charge in [0.1, 0.15) is 12.7 Å². The number of benzene rings is 1. The van der Waals surface area contributed by atoms with E-state index in [1.807, 2.05) is 24.3 Å². The average Bonchev–Trinajstić information content (AvgIpc) is 3.40. The smallest absolute Gasteiger partial charge is 0.229 e. The molecule has 2 aromatic heterocycles. The highest BCUT2D eigenvalue weighted by molar-refractivity contribution is 5.93. The van der Waals surface area contributed by atoms with Gasteiger partial charge < -0.3 is 19.9 Å². The van der Waals surface area contributed by atoms with Crippen molar-refractivity contribution in [2.24, 2.45) is 5.92 Å². The summed E-state index contributed by atoms with van der Waals surface area (Å²) in [6, 6.07) is 11.8. The Kier molecular flexibility index (Phi) is 5.93. The van der Waals surface area contributed by atoms with Gasteiger partial charge in [0, 0.05) is 37.6 Å². The van der Waals surface area contributed by atoms with E-state index in [4.69, 9.17) is 4.74 Å². The van der Waals surface area contributed by atoms with Crippen molar-refractivity contribution in [1.82, 2.24) is 25.0 Å². The van der Waals surface area contributed by atoms with Crippen LogP contribution >= 0.6 is 0 Å². The summed E-state index contributed by atoms with van der Waals surface area (Å²) in [5.41, 5.74) is 1.98. The molecule has 0 saturated carbocycles. The average molecular weight is 435 g/mol. The number of carbonyl (C=O) groups is 1. The Balaban J connectivity index is 1.19. The van der Waals surface area contributed by atoms with Gasteiger partial charge in [-0.05, 0) is 49.2 Å². The third kappa shape index (κ3) is 4.54. The molecular formula is C22H26N8O2. The van der Waals surface area contributed by atoms with Crippen LogP contribution in [0, 0.1) is 5.92 Å². The van der Waals surface area contributed by atoms with Gasteiger partial charge in [-0.2, -0.15) is 5.10 Å². The van der Waals surface area contributed by atoms with Gasteiger partial charge in [-0.15, -0.1) is 10.2 Å². The summed E-state index contributed by atoms with van der Waals surface area (Å²) >= 11 is 0. The highest BCUT2D eigenvalue weighted by Gasteiger charge is 2.27. The molecular weight excluding hydrogens is 408 g/mol. The lowest BCUT2D eigenvalue weighted by molar-refractivity contribution is -0.120. The van der Waals surface area contributed by atoms with Gasteiger partial charge in [-0.1, -0.05) is 0 Å². The summed E-state index contributed by atoms with van der Waals surface area (Å²) in [6.07, 6.45) is 4.83. The van der Waals surface area contributed by atoms with E-state index in [9.17, 15) is 4.79 Å². The molecule has 10 heteroatoms. The largest absolute Gasteiger partial charge is 0.378 e. The number of hydrogen-bond donors (Lipinski definition) is 1. The molecule has 0 radical (unpaired) electrons. The third-order valence-corrected chi connectivity index (χ3v) is 5.92. The molecule has 2 fully saturated rings. The van der Waals surface area contributed by atoms with Crippen molar-refractivity contribution in [1.29, 1.82) is 0 Å². The minimum Gasteiger partial charge on any atom is -0.378 e. The second-order valence-electron chi connectivity index (χ2n) is 8.01. The fourth-order valence-electron chi connectivity index (χ4n) is 4.16. The van der Waals surface area contributed by atoms with Gasteiger partial charge in [-0.3, -0.25) is 4.79 Å². The van der Waals surface area contributed by atoms with Gasteiger partial charge in [-0.25, -0.2) is 9.67 Å². The first-order chi connectivity index (χ1) is 15.8. The second-order valence-corrected chi connectivity index (χ2v) is 8.01. The van der Waals surface area contributed by atoms with Crippen LogP contribution in [0.15, 0.2) is 49.1 Å². The molecule has 2 saturated heterocycles. The monoisotopic (exact) mass is 434 g/mol. The maximum absolute atomic E-state index is 12.9. The summed E-state index contributed by atoms with van der Waals surface area (Å²) in [4.78, 5) is 21.3. The van der Waals surface area contributed by atoms with E-state index in [0.29, 0.717) is 12.4 Å². The molecule has 166 valence electrons. The van der Waals surface area contributed by atoms with E-state index in [2.05, 4.69) is 47.5 Å². The van der Waals surface area contributed by atoms with Crippen molar-refractivity contribution in [3.8, 4) is 5.82 Å². The topological polar surface area (TPSA) is 101 Å². The summed E-state index contributed by atoms with van der Waals surface area (Å²) in [6.45, 7) is 4.78. The van der Waals surface area contributed by atoms with Gasteiger partial charge in [0.25, 0.3) is 0 Å². The van der Waals surface area contributed by atoms with Gasteiger partial charge in [0.15, 0.2) is 11.6 Å². The number of morpholine rings is 1. The predicted octanol–water partition coefficient (Wildman–Crippen LogP) is 1.75. The van der Waals surface area contributed by atoms with Crippen molar-refractivity contribution >= 4 is 23.1 Å². The van der Waals surface area contributed by atoms with Crippen LogP contribution in [-0.2, 0) is 9.53 Å². The molecule has 0 aliphatic carbocycles. The van der Waals surface area contributed by atoms with Crippen LogP contribution in [0.3, 0.4) is 0 Å². The zero-order valence-electron chi connectivity index (χ0n) is 17.8. The number of hydrogen-bond acceptors (Lipinski definition) is 8. The molecule has 0 spiro atoms. The zero-order chi connectivity index (χ0) is 21.8. The molecule has 1 amide bonds. The maximum atomic E-state index is 12.9. The van der Waals surface area contributed by atoms with E-state index in [1.165, 1.54) is 6.33 Å². The lowest BCUT2D eigenvalue weighted by atomic mass is 9.97. The summed E-state index contributed by atoms with van der Waals surface area (Å²) in [5.74, 6) is 1.32. The zero-order valence-corrected chi connectivity index (χ0v) is 17.8. The lowest BCUT2D eigenvalue weighted by Crippen LogP contribution is -2.41. The van der Waals surface area contributed by atoms with Crippen molar-refractivity contribution < 1.29 is 9.53 Å². The van der Waals surface area contributed by atoms with E-state index in [1.54, 1.807) is 11.0 Å². The molecule has 32 heavy (non-hydrogen) atoms.